The van der Waals surface area contributed by atoms with E-state index in [0.717, 1.165) is 43.4 Å². The Morgan fingerprint density at radius 1 is 1.05 bits per heavy atom. The Bertz CT molecular complexity index is 1310. The molecule has 1 aromatic carbocycles. The number of amides is 2. The number of hydrogen-bond acceptors (Lipinski definition) is 9. The summed E-state index contributed by atoms with van der Waals surface area (Å²) in [5.74, 6) is -0.392. The van der Waals surface area contributed by atoms with Crippen molar-refractivity contribution in [2.45, 2.75) is 87.3 Å². The van der Waals surface area contributed by atoms with Crippen LogP contribution in [0.2, 0.25) is 0 Å². The number of carbonyl (C=O) groups is 2. The molecule has 0 unspecified atom stereocenters. The summed E-state index contributed by atoms with van der Waals surface area (Å²) in [6.45, 7) is 3.35. The summed E-state index contributed by atoms with van der Waals surface area (Å²) in [6.07, 6.45) is 8.60. The third-order valence-corrected chi connectivity index (χ3v) is 10.5. The molecule has 1 saturated heterocycles. The maximum Gasteiger partial charge on any atom is 0.280 e. The van der Waals surface area contributed by atoms with Gasteiger partial charge < -0.3 is 14.5 Å². The van der Waals surface area contributed by atoms with Crippen molar-refractivity contribution in [2.75, 3.05) is 18.4 Å². The number of anilines is 1. The lowest BCUT2D eigenvalue weighted by molar-refractivity contribution is -0.131. The number of thiazole rings is 1. The van der Waals surface area contributed by atoms with Gasteiger partial charge in [-0.25, -0.2) is 13.4 Å². The van der Waals surface area contributed by atoms with Gasteiger partial charge in [0.2, 0.25) is 5.91 Å². The zero-order valence-corrected chi connectivity index (χ0v) is 23.6. The molecule has 0 spiro atoms. The third kappa shape index (κ3) is 7.03. The van der Waals surface area contributed by atoms with Crippen molar-refractivity contribution in [1.29, 1.82) is 0 Å². The van der Waals surface area contributed by atoms with Gasteiger partial charge in [0.1, 0.15) is 6.10 Å². The van der Waals surface area contributed by atoms with Gasteiger partial charge in [-0.15, -0.1) is 0 Å². The highest BCUT2D eigenvalue weighted by Crippen LogP contribution is 2.33. The first-order valence-corrected chi connectivity index (χ1v) is 15.9. The predicted octanol–water partition coefficient (Wildman–Crippen LogP) is 3.91. The molecule has 210 valence electrons. The quantitative estimate of drug-likeness (QED) is 0.337. The Hall–Kier alpha value is -2.83. The van der Waals surface area contributed by atoms with Crippen molar-refractivity contribution in [3.8, 4) is 0 Å². The van der Waals surface area contributed by atoms with Crippen LogP contribution in [0.3, 0.4) is 0 Å². The Kier molecular flexibility index (Phi) is 8.63. The van der Waals surface area contributed by atoms with Crippen LogP contribution in [-0.2, 0) is 35.6 Å². The lowest BCUT2D eigenvalue weighted by Gasteiger charge is -2.31. The first kappa shape index (κ1) is 27.7. The highest BCUT2D eigenvalue weighted by molar-refractivity contribution is 7.92. The average molecular weight is 575 g/mol. The Morgan fingerprint density at radius 3 is 2.38 bits per heavy atom. The van der Waals surface area contributed by atoms with Crippen LogP contribution in [0, 0.1) is 0 Å². The molecular weight excluding hydrogens is 540 g/mol. The van der Waals surface area contributed by atoms with Gasteiger partial charge in [-0.05, 0) is 63.5 Å². The third-order valence-electron chi connectivity index (χ3n) is 7.35. The smallest absolute Gasteiger partial charge is 0.280 e. The predicted molar refractivity (Wildman–Crippen MR) is 147 cm³/mol. The summed E-state index contributed by atoms with van der Waals surface area (Å²) < 4.78 is 31.2. The second-order valence-corrected chi connectivity index (χ2v) is 13.7. The molecule has 3 aliphatic rings. The number of rotatable bonds is 10. The van der Waals surface area contributed by atoms with E-state index in [1.54, 1.807) is 25.3 Å². The molecule has 0 radical (unpaired) electrons. The largest absolute Gasteiger partial charge is 0.392 e. The zero-order chi connectivity index (χ0) is 27.4. The molecule has 10 nitrogen and oxygen atoms in total. The van der Waals surface area contributed by atoms with Crippen molar-refractivity contribution >= 4 is 43.8 Å². The van der Waals surface area contributed by atoms with Gasteiger partial charge in [-0.2, -0.15) is 0 Å². The SMILES string of the molecule is CC(=O)N1CCC(OCc2cnc(NC(=O)/C(=N/OC3CCCC3)c3ccc(S(=O)(=O)C4CC4)cc3)s2)CC1. The summed E-state index contributed by atoms with van der Waals surface area (Å²) in [5, 5.41) is 7.12. The molecule has 12 heteroatoms. The normalized spacial score (nSPS) is 19.3. The number of nitrogens with one attached hydrogen (secondary N) is 1. The van der Waals surface area contributed by atoms with Gasteiger partial charge in [0.25, 0.3) is 5.91 Å². The maximum absolute atomic E-state index is 13.3. The highest BCUT2D eigenvalue weighted by atomic mass is 32.2. The van der Waals surface area contributed by atoms with E-state index in [-0.39, 0.29) is 34.0 Å². The molecular formula is C27H34N4O6S2. The van der Waals surface area contributed by atoms with Crippen LogP contribution >= 0.6 is 11.3 Å². The lowest BCUT2D eigenvalue weighted by Crippen LogP contribution is -2.39. The fourth-order valence-corrected chi connectivity index (χ4v) is 7.23. The van der Waals surface area contributed by atoms with Crippen molar-refractivity contribution in [3.63, 3.8) is 0 Å². The van der Waals surface area contributed by atoms with E-state index in [0.29, 0.717) is 43.2 Å². The second kappa shape index (κ2) is 12.1. The number of piperidine rings is 1. The van der Waals surface area contributed by atoms with E-state index < -0.39 is 15.7 Å². The van der Waals surface area contributed by atoms with Crippen molar-refractivity contribution in [3.05, 3.63) is 40.9 Å². The minimum atomic E-state index is -3.33. The number of hydrogen-bond donors (Lipinski definition) is 1. The van der Waals surface area contributed by atoms with Gasteiger partial charge in [-0.1, -0.05) is 28.6 Å². The standard InChI is InChI=1S/C27H34N4O6S2/c1-18(32)31-14-12-20(13-15-31)36-17-22-16-28-27(38-22)29-26(33)25(30-37-21-4-2-3-5-21)19-6-8-23(9-7-19)39(34,35)24-10-11-24/h6-9,16,20-21,24H,2-5,10-15,17H2,1H3,(H,28,29,33)/b30-25+. The Morgan fingerprint density at radius 2 is 1.74 bits per heavy atom. The average Bonchev–Trinajstić information content (AvgIpc) is 3.51. The van der Waals surface area contributed by atoms with E-state index >= 15 is 0 Å². The number of likely N-dealkylation sites (tertiary alicyclic amines) is 1. The molecule has 2 saturated carbocycles. The van der Waals surface area contributed by atoms with Crippen LogP contribution in [0.1, 0.15) is 68.7 Å². The van der Waals surface area contributed by atoms with Crippen molar-refractivity contribution in [1.82, 2.24) is 9.88 Å². The second-order valence-electron chi connectivity index (χ2n) is 10.3. The number of benzene rings is 1. The fraction of sp³-hybridized carbons (Fsp3) is 0.556. The molecule has 39 heavy (non-hydrogen) atoms. The summed E-state index contributed by atoms with van der Waals surface area (Å²) in [5.41, 5.74) is 0.541. The van der Waals surface area contributed by atoms with Crippen molar-refractivity contribution in [2.24, 2.45) is 5.16 Å². The topological polar surface area (TPSA) is 127 Å². The molecule has 0 bridgehead atoms. The van der Waals surface area contributed by atoms with E-state index in [1.165, 1.54) is 23.5 Å². The minimum Gasteiger partial charge on any atom is -0.392 e. The van der Waals surface area contributed by atoms with E-state index in [9.17, 15) is 18.0 Å². The fourth-order valence-electron chi connectivity index (χ4n) is 4.85. The van der Waals surface area contributed by atoms with E-state index in [2.05, 4.69) is 15.5 Å². The number of sulfone groups is 1. The molecule has 1 aliphatic heterocycles. The van der Waals surface area contributed by atoms with Gasteiger partial charge in [0, 0.05) is 31.8 Å². The van der Waals surface area contributed by atoms with Crippen LogP contribution in [0.25, 0.3) is 0 Å². The first-order chi connectivity index (χ1) is 18.8. The van der Waals surface area contributed by atoms with Gasteiger partial charge in [-0.3, -0.25) is 14.9 Å². The highest BCUT2D eigenvalue weighted by Gasteiger charge is 2.37. The van der Waals surface area contributed by atoms with Crippen molar-refractivity contribution < 1.29 is 27.6 Å². The monoisotopic (exact) mass is 574 g/mol. The molecule has 2 aromatic rings. The lowest BCUT2D eigenvalue weighted by atomic mass is 10.1. The number of oxime groups is 1. The van der Waals surface area contributed by atoms with Crippen LogP contribution < -0.4 is 5.32 Å². The molecule has 1 aromatic heterocycles. The number of aromatic nitrogens is 1. The Balaban J connectivity index is 1.23. The molecule has 1 N–H and O–H groups in total. The molecule has 2 amide bonds. The van der Waals surface area contributed by atoms with Crippen LogP contribution in [0.15, 0.2) is 40.5 Å². The van der Waals surface area contributed by atoms with E-state index in [1.807, 2.05) is 4.90 Å². The Labute approximate surface area is 232 Å². The van der Waals surface area contributed by atoms with Gasteiger partial charge in [0.15, 0.2) is 20.7 Å². The number of carbonyl (C=O) groups excluding carboxylic acids is 2. The molecule has 0 atom stereocenters. The molecule has 5 rings (SSSR count). The van der Waals surface area contributed by atoms with E-state index in [4.69, 9.17) is 9.57 Å². The summed E-state index contributed by atoms with van der Waals surface area (Å²) >= 11 is 1.32. The van der Waals surface area contributed by atoms with Gasteiger partial charge >= 0.3 is 0 Å². The summed E-state index contributed by atoms with van der Waals surface area (Å²) in [6, 6.07) is 6.26. The number of nitrogens with zero attached hydrogens (tertiary/aromatic N) is 3. The van der Waals surface area contributed by atoms with Crippen LogP contribution in [0.5, 0.6) is 0 Å². The minimum absolute atomic E-state index is 0.0340. The first-order valence-electron chi connectivity index (χ1n) is 13.5. The summed E-state index contributed by atoms with van der Waals surface area (Å²) in [4.78, 5) is 37.8. The maximum atomic E-state index is 13.3. The molecule has 2 aliphatic carbocycles. The van der Waals surface area contributed by atoms with Crippen LogP contribution in [0.4, 0.5) is 5.13 Å². The summed E-state index contributed by atoms with van der Waals surface area (Å²) in [7, 11) is -3.33. The van der Waals surface area contributed by atoms with Crippen LogP contribution in [-0.4, -0.2) is 66.4 Å². The van der Waals surface area contributed by atoms with Gasteiger partial charge in [0.05, 0.1) is 27.7 Å². The number of ether oxygens (including phenoxy) is 1. The molecule has 2 heterocycles. The molecule has 3 fully saturated rings. The zero-order valence-electron chi connectivity index (χ0n) is 22.0.